The number of carboxylic acids is 1. The van der Waals surface area contributed by atoms with E-state index in [0.29, 0.717) is 6.42 Å². The Balaban J connectivity index is 5.08. The van der Waals surface area contributed by atoms with Gasteiger partial charge in [-0.05, 0) is 25.2 Å². The average Bonchev–Trinajstić information content (AvgIpc) is 2.56. The fraction of sp³-hybridized carbons (Fsp3) is 0.765. The van der Waals surface area contributed by atoms with E-state index in [1.165, 1.54) is 6.92 Å². The zero-order valence-corrected chi connectivity index (χ0v) is 17.4. The summed E-state index contributed by atoms with van der Waals surface area (Å²) < 4.78 is 0. The molecule has 0 saturated heterocycles. The van der Waals surface area contributed by atoms with Gasteiger partial charge in [0.2, 0.25) is 17.7 Å². The third-order valence-corrected chi connectivity index (χ3v) is 4.25. The smallest absolute Gasteiger partial charge is 0.326 e. The molecule has 0 bridgehead atoms. The highest BCUT2D eigenvalue weighted by atomic mass is 32.1. The van der Waals surface area contributed by atoms with E-state index in [4.69, 9.17) is 5.73 Å². The normalized spacial score (nSPS) is 15.6. The summed E-state index contributed by atoms with van der Waals surface area (Å²) in [7, 11) is 0. The first-order valence-corrected chi connectivity index (χ1v) is 9.54. The van der Waals surface area contributed by atoms with Crippen LogP contribution in [0.25, 0.3) is 0 Å². The summed E-state index contributed by atoms with van der Waals surface area (Å²) in [6.07, 6.45) is 0.318. The molecule has 6 N–H and O–H groups in total. The number of carbonyl (C=O) groups excluding carboxylic acids is 3. The van der Waals surface area contributed by atoms with Crippen molar-refractivity contribution < 1.29 is 24.3 Å². The van der Waals surface area contributed by atoms with Gasteiger partial charge in [0.05, 0.1) is 6.04 Å². The molecule has 0 aliphatic rings. The Bertz CT molecular complexity index is 541. The Labute approximate surface area is 165 Å². The molecule has 0 aromatic rings. The van der Waals surface area contributed by atoms with Crippen molar-refractivity contribution in [1.29, 1.82) is 0 Å². The van der Waals surface area contributed by atoms with Crippen molar-refractivity contribution in [1.82, 2.24) is 16.0 Å². The molecule has 0 aromatic carbocycles. The van der Waals surface area contributed by atoms with Crippen LogP contribution >= 0.6 is 12.6 Å². The summed E-state index contributed by atoms with van der Waals surface area (Å²) in [6.45, 7) is 8.58. The molecule has 0 rings (SSSR count). The van der Waals surface area contributed by atoms with Crippen LogP contribution < -0.4 is 21.7 Å². The van der Waals surface area contributed by atoms with Crippen molar-refractivity contribution in [2.24, 2.45) is 17.6 Å². The predicted molar refractivity (Wildman–Crippen MR) is 105 cm³/mol. The molecule has 0 saturated carbocycles. The second-order valence-electron chi connectivity index (χ2n) is 7.28. The number of aliphatic carboxylic acids is 1. The highest BCUT2D eigenvalue weighted by Gasteiger charge is 2.30. The fourth-order valence-corrected chi connectivity index (χ4v) is 2.40. The summed E-state index contributed by atoms with van der Waals surface area (Å²) in [5.41, 5.74) is 5.55. The molecule has 10 heteroatoms. The van der Waals surface area contributed by atoms with Crippen LogP contribution in [0.15, 0.2) is 0 Å². The molecule has 0 spiro atoms. The average molecular weight is 405 g/mol. The third-order valence-electron chi connectivity index (χ3n) is 3.86. The first kappa shape index (κ1) is 25.2. The zero-order chi connectivity index (χ0) is 21.3. The topological polar surface area (TPSA) is 151 Å². The predicted octanol–water partition coefficient (Wildman–Crippen LogP) is -0.495. The number of thiol groups is 1. The Morgan fingerprint density at radius 3 is 1.89 bits per heavy atom. The van der Waals surface area contributed by atoms with Gasteiger partial charge in [-0.3, -0.25) is 14.4 Å². The van der Waals surface area contributed by atoms with Gasteiger partial charge < -0.3 is 26.8 Å². The van der Waals surface area contributed by atoms with Crippen molar-refractivity contribution >= 4 is 36.3 Å². The lowest BCUT2D eigenvalue weighted by Gasteiger charge is -2.25. The van der Waals surface area contributed by atoms with E-state index in [2.05, 4.69) is 28.6 Å². The van der Waals surface area contributed by atoms with E-state index < -0.39 is 47.9 Å². The molecule has 27 heavy (non-hydrogen) atoms. The van der Waals surface area contributed by atoms with Gasteiger partial charge in [0.15, 0.2) is 0 Å². The SMILES string of the molecule is CC(C)CC(NC(=O)C(C)NC(=O)C(N)CS)C(=O)NC(C(=O)O)C(C)C. The molecule has 0 fully saturated rings. The Morgan fingerprint density at radius 1 is 0.926 bits per heavy atom. The van der Waals surface area contributed by atoms with E-state index in [1.54, 1.807) is 13.8 Å². The summed E-state index contributed by atoms with van der Waals surface area (Å²) in [5, 5.41) is 16.7. The van der Waals surface area contributed by atoms with E-state index >= 15 is 0 Å². The van der Waals surface area contributed by atoms with Crippen LogP contribution in [0.3, 0.4) is 0 Å². The second kappa shape index (κ2) is 11.8. The van der Waals surface area contributed by atoms with Crippen molar-refractivity contribution in [3.63, 3.8) is 0 Å². The summed E-state index contributed by atoms with van der Waals surface area (Å²) in [5.74, 6) is -2.92. The zero-order valence-electron chi connectivity index (χ0n) is 16.5. The first-order valence-electron chi connectivity index (χ1n) is 8.91. The van der Waals surface area contributed by atoms with Gasteiger partial charge in [-0.1, -0.05) is 27.7 Å². The Hall–Kier alpha value is -1.81. The molecule has 156 valence electrons. The number of hydrogen-bond donors (Lipinski definition) is 6. The van der Waals surface area contributed by atoms with Crippen molar-refractivity contribution in [2.75, 3.05) is 5.75 Å². The molecule has 0 heterocycles. The van der Waals surface area contributed by atoms with Crippen LogP contribution in [0.1, 0.15) is 41.0 Å². The van der Waals surface area contributed by atoms with Crippen LogP contribution in [0.4, 0.5) is 0 Å². The number of carboxylic acid groups (broad SMARTS) is 1. The Morgan fingerprint density at radius 2 is 1.48 bits per heavy atom. The molecule has 0 radical (unpaired) electrons. The maximum absolute atomic E-state index is 12.5. The monoisotopic (exact) mass is 404 g/mol. The van der Waals surface area contributed by atoms with Crippen molar-refractivity contribution in [2.45, 2.75) is 65.2 Å². The number of nitrogens with two attached hydrogens (primary N) is 1. The number of hydrogen-bond acceptors (Lipinski definition) is 6. The van der Waals surface area contributed by atoms with Crippen LogP contribution in [0.5, 0.6) is 0 Å². The van der Waals surface area contributed by atoms with Gasteiger partial charge in [-0.2, -0.15) is 12.6 Å². The maximum Gasteiger partial charge on any atom is 0.326 e. The fourth-order valence-electron chi connectivity index (χ4n) is 2.24. The number of carbonyl (C=O) groups is 4. The molecular formula is C17H32N4O5S. The number of amides is 3. The lowest BCUT2D eigenvalue weighted by Crippen LogP contribution is -2.57. The van der Waals surface area contributed by atoms with Crippen LogP contribution in [-0.2, 0) is 19.2 Å². The first-order chi connectivity index (χ1) is 12.4. The molecule has 0 aliphatic heterocycles. The molecular weight excluding hydrogens is 372 g/mol. The number of nitrogens with one attached hydrogen (secondary N) is 3. The van der Waals surface area contributed by atoms with Gasteiger partial charge in [-0.15, -0.1) is 0 Å². The minimum Gasteiger partial charge on any atom is -0.480 e. The summed E-state index contributed by atoms with van der Waals surface area (Å²) >= 11 is 3.93. The van der Waals surface area contributed by atoms with Crippen molar-refractivity contribution in [3.05, 3.63) is 0 Å². The van der Waals surface area contributed by atoms with Gasteiger partial charge in [-0.25, -0.2) is 4.79 Å². The van der Waals surface area contributed by atoms with Crippen molar-refractivity contribution in [3.8, 4) is 0 Å². The van der Waals surface area contributed by atoms with E-state index in [9.17, 15) is 24.3 Å². The van der Waals surface area contributed by atoms with E-state index in [0.717, 1.165) is 0 Å². The largest absolute Gasteiger partial charge is 0.480 e. The van der Waals surface area contributed by atoms with E-state index in [-0.39, 0.29) is 17.6 Å². The van der Waals surface area contributed by atoms with Gasteiger partial charge in [0.1, 0.15) is 18.1 Å². The third kappa shape index (κ3) is 9.09. The highest BCUT2D eigenvalue weighted by Crippen LogP contribution is 2.08. The highest BCUT2D eigenvalue weighted by molar-refractivity contribution is 7.80. The van der Waals surface area contributed by atoms with Gasteiger partial charge in [0, 0.05) is 5.75 Å². The maximum atomic E-state index is 12.5. The minimum absolute atomic E-state index is 0.0749. The molecule has 4 atom stereocenters. The number of rotatable bonds is 11. The van der Waals surface area contributed by atoms with Crippen LogP contribution in [0, 0.1) is 11.8 Å². The summed E-state index contributed by atoms with van der Waals surface area (Å²) in [4.78, 5) is 48.0. The lowest BCUT2D eigenvalue weighted by molar-refractivity contribution is -0.143. The van der Waals surface area contributed by atoms with Gasteiger partial charge >= 0.3 is 5.97 Å². The molecule has 9 nitrogen and oxygen atoms in total. The second-order valence-corrected chi connectivity index (χ2v) is 7.64. The van der Waals surface area contributed by atoms with E-state index in [1.807, 2.05) is 13.8 Å². The molecule has 0 aromatic heterocycles. The summed E-state index contributed by atoms with van der Waals surface area (Å²) in [6, 6.07) is -3.74. The van der Waals surface area contributed by atoms with Gasteiger partial charge in [0.25, 0.3) is 0 Å². The standard InChI is InChI=1S/C17H32N4O5S/c1-8(2)6-12(16(24)21-13(9(3)4)17(25)26)20-14(22)10(5)19-15(23)11(18)7-27/h8-13,27H,6-7,18H2,1-5H3,(H,19,23)(H,20,22)(H,21,24)(H,25,26). The molecule has 0 aliphatic carbocycles. The molecule has 3 amide bonds. The Kier molecular flexibility index (Phi) is 11.0. The molecule has 4 unspecified atom stereocenters. The minimum atomic E-state index is -1.14. The quantitative estimate of drug-likeness (QED) is 0.256. The van der Waals surface area contributed by atoms with Crippen LogP contribution in [0.2, 0.25) is 0 Å². The lowest BCUT2D eigenvalue weighted by atomic mass is 10.00. The van der Waals surface area contributed by atoms with Crippen LogP contribution in [-0.4, -0.2) is 58.7 Å².